The number of carbonyl (C=O) groups is 2. The number of aromatic nitrogens is 1. The maximum absolute atomic E-state index is 14.0. The minimum Gasteiger partial charge on any atom is -0.508 e. The van der Waals surface area contributed by atoms with Crippen LogP contribution in [0.2, 0.25) is 9.36 Å². The van der Waals surface area contributed by atoms with Gasteiger partial charge in [-0.15, -0.1) is 0 Å². The zero-order chi connectivity index (χ0) is 24.2. The first kappa shape index (κ1) is 24.5. The van der Waals surface area contributed by atoms with Gasteiger partial charge in [-0.05, 0) is 60.1 Å². The number of benzene rings is 2. The highest BCUT2D eigenvalue weighted by molar-refractivity contribution is 7.11. The summed E-state index contributed by atoms with van der Waals surface area (Å²) in [4.78, 5) is 29.2. The van der Waals surface area contributed by atoms with Gasteiger partial charge in [0.05, 0.1) is 0 Å². The van der Waals surface area contributed by atoms with Gasteiger partial charge < -0.3 is 10.4 Å². The first-order chi connectivity index (χ1) is 16.4. The predicted molar refractivity (Wildman–Crippen MR) is 136 cm³/mol. The van der Waals surface area contributed by atoms with Crippen molar-refractivity contribution in [1.82, 2.24) is 9.69 Å². The first-order valence-corrected chi connectivity index (χ1v) is 12.7. The summed E-state index contributed by atoms with van der Waals surface area (Å²) in [7, 11) is 0. The highest BCUT2D eigenvalue weighted by atomic mass is 35.5. The molecule has 34 heavy (non-hydrogen) atoms. The van der Waals surface area contributed by atoms with Crippen molar-refractivity contribution in [2.75, 3.05) is 4.90 Å². The third-order valence-electron chi connectivity index (χ3n) is 6.07. The number of anilines is 1. The molecule has 1 aliphatic rings. The number of hydrogen-bond donors (Lipinski definition) is 2. The standard InChI is InChI=1S/C25H25Cl2N3O3S/c1-2-15-7-3-6-10-19(15)30(25(33)21-20(26)23(27)34-29-21)22(16-11-13-18(31)14-12-16)24(32)28-17-8-4-5-9-17/h3,6-7,10-14,17,22,31H,2,4-5,8-9H2,1H3,(H,28,32)/t22-/m1/s1. The van der Waals surface area contributed by atoms with Crippen molar-refractivity contribution in [1.29, 1.82) is 0 Å². The van der Waals surface area contributed by atoms with E-state index < -0.39 is 11.9 Å². The van der Waals surface area contributed by atoms with Crippen molar-refractivity contribution in [3.05, 3.63) is 74.7 Å². The molecule has 1 fully saturated rings. The van der Waals surface area contributed by atoms with Gasteiger partial charge >= 0.3 is 0 Å². The average Bonchev–Trinajstić information content (AvgIpc) is 3.47. The van der Waals surface area contributed by atoms with Crippen LogP contribution >= 0.6 is 34.7 Å². The van der Waals surface area contributed by atoms with Crippen molar-refractivity contribution in [3.63, 3.8) is 0 Å². The Morgan fingerprint density at radius 1 is 1.15 bits per heavy atom. The number of hydrogen-bond acceptors (Lipinski definition) is 5. The number of phenolic OH excluding ortho intramolecular Hbond substituents is 1. The molecule has 4 rings (SSSR count). The van der Waals surface area contributed by atoms with Crippen LogP contribution in [0, 0.1) is 0 Å². The molecule has 9 heteroatoms. The maximum Gasteiger partial charge on any atom is 0.280 e. The summed E-state index contributed by atoms with van der Waals surface area (Å²) in [6.45, 7) is 1.99. The summed E-state index contributed by atoms with van der Waals surface area (Å²) < 4.78 is 4.40. The summed E-state index contributed by atoms with van der Waals surface area (Å²) >= 11 is 13.4. The lowest BCUT2D eigenvalue weighted by Gasteiger charge is -2.33. The number of aromatic hydroxyl groups is 1. The Bertz CT molecular complexity index is 1180. The van der Waals surface area contributed by atoms with E-state index in [9.17, 15) is 14.7 Å². The zero-order valence-corrected chi connectivity index (χ0v) is 21.0. The Kier molecular flexibility index (Phi) is 7.76. The molecule has 0 saturated heterocycles. The van der Waals surface area contributed by atoms with Gasteiger partial charge in [0.25, 0.3) is 5.91 Å². The largest absolute Gasteiger partial charge is 0.508 e. The van der Waals surface area contributed by atoms with E-state index in [0.717, 1.165) is 42.8 Å². The molecule has 1 heterocycles. The molecule has 2 amide bonds. The molecule has 0 unspecified atom stereocenters. The van der Waals surface area contributed by atoms with Crippen LogP contribution in [0.4, 0.5) is 5.69 Å². The van der Waals surface area contributed by atoms with Gasteiger partial charge in [-0.25, -0.2) is 0 Å². The van der Waals surface area contributed by atoms with E-state index in [2.05, 4.69) is 9.69 Å². The lowest BCUT2D eigenvalue weighted by atomic mass is 9.99. The number of rotatable bonds is 7. The Hall–Kier alpha value is -2.61. The summed E-state index contributed by atoms with van der Waals surface area (Å²) in [5.41, 5.74) is 2.05. The lowest BCUT2D eigenvalue weighted by molar-refractivity contribution is -0.123. The van der Waals surface area contributed by atoms with Crippen molar-refractivity contribution in [2.45, 2.75) is 51.1 Å². The van der Waals surface area contributed by atoms with Crippen molar-refractivity contribution < 1.29 is 14.7 Å². The van der Waals surface area contributed by atoms with Gasteiger partial charge in [0.15, 0.2) is 5.69 Å². The fraction of sp³-hybridized carbons (Fsp3) is 0.320. The minimum atomic E-state index is -1.00. The van der Waals surface area contributed by atoms with Crippen LogP contribution in [-0.2, 0) is 11.2 Å². The van der Waals surface area contributed by atoms with E-state index in [-0.39, 0.29) is 32.8 Å². The summed E-state index contributed by atoms with van der Waals surface area (Å²) in [6, 6.07) is 12.8. The second-order valence-electron chi connectivity index (χ2n) is 8.26. The zero-order valence-electron chi connectivity index (χ0n) is 18.6. The molecule has 6 nitrogen and oxygen atoms in total. The lowest BCUT2D eigenvalue weighted by Crippen LogP contribution is -2.46. The highest BCUT2D eigenvalue weighted by Gasteiger charge is 2.37. The van der Waals surface area contributed by atoms with E-state index in [1.165, 1.54) is 17.0 Å². The minimum absolute atomic E-state index is 0.0000162. The van der Waals surface area contributed by atoms with Crippen LogP contribution in [0.3, 0.4) is 0 Å². The molecule has 3 aromatic rings. The molecule has 0 aliphatic heterocycles. The number of phenols is 1. The molecule has 1 saturated carbocycles. The number of amides is 2. The van der Waals surface area contributed by atoms with Crippen molar-refractivity contribution >= 4 is 52.2 Å². The highest BCUT2D eigenvalue weighted by Crippen LogP contribution is 2.37. The number of para-hydroxylation sites is 1. The normalized spacial score (nSPS) is 14.7. The van der Waals surface area contributed by atoms with E-state index in [4.69, 9.17) is 23.2 Å². The Labute approximate surface area is 212 Å². The van der Waals surface area contributed by atoms with Crippen LogP contribution < -0.4 is 10.2 Å². The maximum atomic E-state index is 14.0. The van der Waals surface area contributed by atoms with Crippen molar-refractivity contribution in [2.24, 2.45) is 0 Å². The Balaban J connectivity index is 1.87. The van der Waals surface area contributed by atoms with Crippen LogP contribution in [0.25, 0.3) is 0 Å². The number of nitrogens with zero attached hydrogens (tertiary/aromatic N) is 2. The number of halogens is 2. The SMILES string of the molecule is CCc1ccccc1N(C(=O)c1nsc(Cl)c1Cl)[C@@H](C(=O)NC1CCCC1)c1ccc(O)cc1. The third-order valence-corrected chi connectivity index (χ3v) is 7.68. The van der Waals surface area contributed by atoms with Crippen LogP contribution in [0.1, 0.15) is 60.3 Å². The monoisotopic (exact) mass is 517 g/mol. The van der Waals surface area contributed by atoms with E-state index in [1.54, 1.807) is 12.1 Å². The quantitative estimate of drug-likeness (QED) is 0.392. The van der Waals surface area contributed by atoms with Gasteiger partial charge in [0.2, 0.25) is 5.91 Å². The predicted octanol–water partition coefficient (Wildman–Crippen LogP) is 6.16. The molecular weight excluding hydrogens is 493 g/mol. The molecule has 1 aromatic heterocycles. The van der Waals surface area contributed by atoms with E-state index in [0.29, 0.717) is 17.7 Å². The summed E-state index contributed by atoms with van der Waals surface area (Å²) in [5, 5.41) is 13.0. The first-order valence-electron chi connectivity index (χ1n) is 11.2. The van der Waals surface area contributed by atoms with Gasteiger partial charge in [-0.2, -0.15) is 4.37 Å². The molecule has 2 N–H and O–H groups in total. The van der Waals surface area contributed by atoms with E-state index in [1.807, 2.05) is 31.2 Å². The van der Waals surface area contributed by atoms with Gasteiger partial charge in [-0.3, -0.25) is 14.5 Å². The molecule has 2 aromatic carbocycles. The van der Waals surface area contributed by atoms with Crippen LogP contribution in [0.5, 0.6) is 5.75 Å². The molecule has 0 bridgehead atoms. The second kappa shape index (κ2) is 10.8. The molecular formula is C25H25Cl2N3O3S. The van der Waals surface area contributed by atoms with Crippen LogP contribution in [0.15, 0.2) is 48.5 Å². The number of aryl methyl sites for hydroxylation is 1. The molecule has 0 spiro atoms. The fourth-order valence-electron chi connectivity index (χ4n) is 4.34. The van der Waals surface area contributed by atoms with Gasteiger partial charge in [0.1, 0.15) is 21.2 Å². The smallest absolute Gasteiger partial charge is 0.280 e. The number of nitrogens with one attached hydrogen (secondary N) is 1. The Morgan fingerprint density at radius 2 is 1.82 bits per heavy atom. The molecule has 1 atom stereocenters. The summed E-state index contributed by atoms with van der Waals surface area (Å²) in [6.07, 6.45) is 4.58. The Morgan fingerprint density at radius 3 is 2.44 bits per heavy atom. The number of carbonyl (C=O) groups excluding carboxylic acids is 2. The molecule has 1 aliphatic carbocycles. The second-order valence-corrected chi connectivity index (χ2v) is 10.0. The third kappa shape index (κ3) is 5.06. The summed E-state index contributed by atoms with van der Waals surface area (Å²) in [5.74, 6) is -0.747. The van der Waals surface area contributed by atoms with Crippen LogP contribution in [-0.4, -0.2) is 27.3 Å². The fourth-order valence-corrected chi connectivity index (χ4v) is 5.33. The topological polar surface area (TPSA) is 82.5 Å². The molecule has 0 radical (unpaired) electrons. The van der Waals surface area contributed by atoms with Gasteiger partial charge in [-0.1, -0.05) is 73.3 Å². The molecule has 178 valence electrons. The van der Waals surface area contributed by atoms with E-state index >= 15 is 0 Å². The van der Waals surface area contributed by atoms with Gasteiger partial charge in [0, 0.05) is 11.7 Å². The van der Waals surface area contributed by atoms with Crippen molar-refractivity contribution in [3.8, 4) is 5.75 Å². The average molecular weight is 518 g/mol.